The normalized spacial score (nSPS) is 21.1. The predicted molar refractivity (Wildman–Crippen MR) is 136 cm³/mol. The number of halogens is 1. The van der Waals surface area contributed by atoms with Gasteiger partial charge in [-0.05, 0) is 42.8 Å². The molecule has 1 aromatic heterocycles. The number of carbonyl (C=O) groups is 4. The SMILES string of the molecule is NC(=O)CC[C@@H]1Nc2nc(Cl)nc(n2)NCCCC[C@H](C(N)=O)NC(=O)[C@H](Cc2ccccc2)NC1=O. The van der Waals surface area contributed by atoms with Crippen LogP contribution in [0.4, 0.5) is 11.9 Å². The highest BCUT2D eigenvalue weighted by Gasteiger charge is 2.29. The molecule has 4 amide bonds. The highest BCUT2D eigenvalue weighted by Crippen LogP contribution is 2.14. The molecule has 13 nitrogen and oxygen atoms in total. The second-order valence-corrected chi connectivity index (χ2v) is 8.93. The lowest BCUT2D eigenvalue weighted by molar-refractivity contribution is -0.131. The molecule has 0 aliphatic carbocycles. The van der Waals surface area contributed by atoms with E-state index in [4.69, 9.17) is 23.1 Å². The summed E-state index contributed by atoms with van der Waals surface area (Å²) in [4.78, 5) is 62.4. The summed E-state index contributed by atoms with van der Waals surface area (Å²) >= 11 is 6.04. The van der Waals surface area contributed by atoms with Crippen molar-refractivity contribution in [2.24, 2.45) is 11.5 Å². The predicted octanol–water partition coefficient (Wildman–Crippen LogP) is -0.136. The Morgan fingerprint density at radius 1 is 0.919 bits per heavy atom. The van der Waals surface area contributed by atoms with E-state index in [0.29, 0.717) is 25.8 Å². The average molecular weight is 532 g/mol. The number of nitrogens with zero attached hydrogens (tertiary/aromatic N) is 3. The molecule has 1 aliphatic rings. The van der Waals surface area contributed by atoms with Crippen LogP contribution in [0.1, 0.15) is 37.7 Å². The monoisotopic (exact) mass is 531 g/mol. The zero-order chi connectivity index (χ0) is 26.8. The lowest BCUT2D eigenvalue weighted by Gasteiger charge is -2.25. The minimum absolute atomic E-state index is 0.00316. The van der Waals surface area contributed by atoms with Crippen molar-refractivity contribution in [1.82, 2.24) is 25.6 Å². The number of nitrogens with two attached hydrogens (primary N) is 2. The van der Waals surface area contributed by atoms with E-state index in [1.54, 1.807) is 0 Å². The van der Waals surface area contributed by atoms with Gasteiger partial charge in [-0.3, -0.25) is 19.2 Å². The van der Waals surface area contributed by atoms with E-state index in [9.17, 15) is 19.2 Å². The summed E-state index contributed by atoms with van der Waals surface area (Å²) in [7, 11) is 0. The third-order valence-electron chi connectivity index (χ3n) is 5.69. The fraction of sp³-hybridized carbons (Fsp3) is 0.435. The first-order chi connectivity index (χ1) is 17.7. The Morgan fingerprint density at radius 2 is 1.62 bits per heavy atom. The molecule has 0 saturated carbocycles. The number of hydrogen-bond acceptors (Lipinski definition) is 9. The topological polar surface area (TPSA) is 207 Å². The first-order valence-corrected chi connectivity index (χ1v) is 12.2. The van der Waals surface area contributed by atoms with Gasteiger partial charge in [-0.1, -0.05) is 30.3 Å². The van der Waals surface area contributed by atoms with E-state index >= 15 is 0 Å². The number of primary amides is 2. The zero-order valence-corrected chi connectivity index (χ0v) is 20.8. The minimum Gasteiger partial charge on any atom is -0.370 e. The van der Waals surface area contributed by atoms with Gasteiger partial charge in [-0.15, -0.1) is 0 Å². The van der Waals surface area contributed by atoms with Gasteiger partial charge in [0.1, 0.15) is 18.1 Å². The van der Waals surface area contributed by atoms with Crippen molar-refractivity contribution in [1.29, 1.82) is 0 Å². The van der Waals surface area contributed by atoms with Crippen molar-refractivity contribution in [2.75, 3.05) is 17.2 Å². The van der Waals surface area contributed by atoms with E-state index < -0.39 is 41.8 Å². The molecule has 37 heavy (non-hydrogen) atoms. The van der Waals surface area contributed by atoms with Crippen LogP contribution in [0.15, 0.2) is 30.3 Å². The fourth-order valence-corrected chi connectivity index (χ4v) is 3.93. The summed E-state index contributed by atoms with van der Waals surface area (Å²) in [6.07, 6.45) is 1.52. The molecular formula is C23H30ClN9O4. The van der Waals surface area contributed by atoms with Crippen molar-refractivity contribution in [3.05, 3.63) is 41.2 Å². The molecule has 1 aromatic carbocycles. The molecule has 3 rings (SSSR count). The van der Waals surface area contributed by atoms with Crippen LogP contribution in [-0.2, 0) is 25.6 Å². The fourth-order valence-electron chi connectivity index (χ4n) is 3.77. The summed E-state index contributed by atoms with van der Waals surface area (Å²) in [6.45, 7) is 0.446. The Balaban J connectivity index is 1.94. The Labute approximate surface area is 218 Å². The van der Waals surface area contributed by atoms with E-state index in [-0.39, 0.29) is 36.4 Å². The van der Waals surface area contributed by atoms with Crippen LogP contribution in [0, 0.1) is 0 Å². The molecule has 0 radical (unpaired) electrons. The van der Waals surface area contributed by atoms with Crippen LogP contribution in [0.5, 0.6) is 0 Å². The van der Waals surface area contributed by atoms with E-state index in [0.717, 1.165) is 5.56 Å². The summed E-state index contributed by atoms with van der Waals surface area (Å²) in [5.41, 5.74) is 11.6. The maximum Gasteiger partial charge on any atom is 0.243 e. The van der Waals surface area contributed by atoms with Gasteiger partial charge in [0.15, 0.2) is 0 Å². The smallest absolute Gasteiger partial charge is 0.243 e. The lowest BCUT2D eigenvalue weighted by atomic mass is 10.0. The average Bonchev–Trinajstić information content (AvgIpc) is 2.84. The van der Waals surface area contributed by atoms with Gasteiger partial charge in [0.05, 0.1) is 0 Å². The number of nitrogens with one attached hydrogen (secondary N) is 4. The Morgan fingerprint density at radius 3 is 2.32 bits per heavy atom. The molecule has 0 saturated heterocycles. The number of amides is 4. The van der Waals surface area contributed by atoms with E-state index in [1.807, 2.05) is 30.3 Å². The summed E-state index contributed by atoms with van der Waals surface area (Å²) < 4.78 is 0. The molecule has 1 aliphatic heterocycles. The van der Waals surface area contributed by atoms with Gasteiger partial charge < -0.3 is 32.7 Å². The van der Waals surface area contributed by atoms with Crippen LogP contribution in [-0.4, -0.2) is 63.3 Å². The molecule has 14 heteroatoms. The first kappa shape index (κ1) is 27.6. The maximum atomic E-state index is 13.3. The van der Waals surface area contributed by atoms with Crippen molar-refractivity contribution in [2.45, 2.75) is 56.7 Å². The van der Waals surface area contributed by atoms with E-state index in [1.165, 1.54) is 0 Å². The summed E-state index contributed by atoms with van der Waals surface area (Å²) in [5.74, 6) is -2.26. The van der Waals surface area contributed by atoms with Gasteiger partial charge >= 0.3 is 0 Å². The van der Waals surface area contributed by atoms with E-state index in [2.05, 4.69) is 36.2 Å². The Hall–Kier alpha value is -4.00. The molecule has 0 unspecified atom stereocenters. The minimum atomic E-state index is -1.04. The third kappa shape index (κ3) is 8.86. The second kappa shape index (κ2) is 13.3. The van der Waals surface area contributed by atoms with Crippen molar-refractivity contribution < 1.29 is 19.2 Å². The molecule has 0 fully saturated rings. The van der Waals surface area contributed by atoms with Crippen LogP contribution in [0.3, 0.4) is 0 Å². The third-order valence-corrected chi connectivity index (χ3v) is 5.85. The zero-order valence-electron chi connectivity index (χ0n) is 20.1. The Kier molecular flexibility index (Phi) is 9.95. The largest absolute Gasteiger partial charge is 0.370 e. The molecule has 198 valence electrons. The number of anilines is 2. The van der Waals surface area contributed by atoms with Gasteiger partial charge in [-0.25, -0.2) is 0 Å². The molecule has 2 aromatic rings. The molecule has 0 spiro atoms. The number of hydrogen-bond donors (Lipinski definition) is 6. The van der Waals surface area contributed by atoms with Crippen molar-refractivity contribution in [3.8, 4) is 0 Å². The summed E-state index contributed by atoms with van der Waals surface area (Å²) in [6, 6.07) is 6.08. The number of aromatic nitrogens is 3. The van der Waals surface area contributed by atoms with Gasteiger partial charge in [0, 0.05) is 19.4 Å². The molecule has 2 bridgehead atoms. The molecular weight excluding hydrogens is 502 g/mol. The summed E-state index contributed by atoms with van der Waals surface area (Å²) in [5, 5.41) is 11.1. The number of rotatable bonds is 6. The number of fused-ring (bicyclic) bond motifs is 2. The van der Waals surface area contributed by atoms with Crippen LogP contribution in [0.25, 0.3) is 0 Å². The molecule has 3 atom stereocenters. The van der Waals surface area contributed by atoms with Gasteiger partial charge in [0.25, 0.3) is 0 Å². The lowest BCUT2D eigenvalue weighted by Crippen LogP contribution is -2.55. The van der Waals surface area contributed by atoms with Gasteiger partial charge in [-0.2, -0.15) is 15.0 Å². The maximum absolute atomic E-state index is 13.3. The Bertz CT molecular complexity index is 1120. The molecule has 2 heterocycles. The highest BCUT2D eigenvalue weighted by molar-refractivity contribution is 6.28. The van der Waals surface area contributed by atoms with Crippen LogP contribution in [0.2, 0.25) is 5.28 Å². The first-order valence-electron chi connectivity index (χ1n) is 11.9. The number of benzene rings is 1. The quantitative estimate of drug-likeness (QED) is 0.293. The second-order valence-electron chi connectivity index (χ2n) is 8.59. The highest BCUT2D eigenvalue weighted by atomic mass is 35.5. The van der Waals surface area contributed by atoms with Crippen molar-refractivity contribution >= 4 is 47.1 Å². The number of carbonyl (C=O) groups excluding carboxylic acids is 4. The van der Waals surface area contributed by atoms with Crippen LogP contribution >= 0.6 is 11.6 Å². The van der Waals surface area contributed by atoms with Crippen molar-refractivity contribution in [3.63, 3.8) is 0 Å². The molecule has 8 N–H and O–H groups in total. The van der Waals surface area contributed by atoms with Gasteiger partial charge in [0.2, 0.25) is 40.8 Å². The van der Waals surface area contributed by atoms with Crippen LogP contribution < -0.4 is 32.7 Å². The standard InChI is InChI=1S/C23H30ClN9O4/c24-21-31-22-27-11-5-4-8-14(18(26)35)28-20(37)16(12-13-6-2-1-3-7-13)29-19(36)15(9-10-17(25)34)30-23(32-21)33-22/h1-3,6-7,14-16H,4-5,8-12H2,(H2,25,34)(H2,26,35)(H,28,37)(H,29,36)(H2,27,30,31,32,33)/t14-,15+,16+/m1/s1.